The third-order valence-electron chi connectivity index (χ3n) is 5.70. The van der Waals surface area contributed by atoms with Crippen LogP contribution in [0.2, 0.25) is 0 Å². The van der Waals surface area contributed by atoms with Crippen LogP contribution in [0.1, 0.15) is 63.4 Å². The molecule has 0 bridgehead atoms. The fourth-order valence-corrected chi connectivity index (χ4v) is 4.19. The van der Waals surface area contributed by atoms with Gasteiger partial charge in [0.25, 0.3) is 0 Å². The summed E-state index contributed by atoms with van der Waals surface area (Å²) in [5.41, 5.74) is 7.02. The average molecular weight is 381 g/mol. The highest BCUT2D eigenvalue weighted by Crippen LogP contribution is 2.25. The lowest BCUT2D eigenvalue weighted by molar-refractivity contribution is -0.122. The molecule has 0 saturated heterocycles. The molecule has 2 aliphatic carbocycles. The van der Waals surface area contributed by atoms with E-state index in [1.165, 1.54) is 31.2 Å². The van der Waals surface area contributed by atoms with E-state index in [0.29, 0.717) is 25.0 Å². The van der Waals surface area contributed by atoms with Crippen molar-refractivity contribution in [3.63, 3.8) is 0 Å². The third kappa shape index (κ3) is 6.17. The largest absolute Gasteiger partial charge is 0.490 e. The van der Waals surface area contributed by atoms with Gasteiger partial charge >= 0.3 is 0 Å². The standard InChI is InChI=1S/C21H32N2O2.ClH/c22-15-17-7-1-4-11-20(17)23-21(24)13-12-16-6-5-10-19(14-16)25-18-8-2-3-9-18;/h5-6,10,14,17-18,20H,1-4,7-9,11-13,15,22H2,(H,23,24);1H. The molecule has 2 atom stereocenters. The first kappa shape index (κ1) is 21.0. The summed E-state index contributed by atoms with van der Waals surface area (Å²) in [6.45, 7) is 0.672. The highest BCUT2D eigenvalue weighted by atomic mass is 35.5. The first-order valence-electron chi connectivity index (χ1n) is 9.99. The minimum absolute atomic E-state index is 0. The Bertz CT molecular complexity index is 561. The highest BCUT2D eigenvalue weighted by molar-refractivity contribution is 5.85. The fraction of sp³-hybridized carbons (Fsp3) is 0.667. The Labute approximate surface area is 163 Å². The molecule has 4 nitrogen and oxygen atoms in total. The number of nitrogens with two attached hydrogens (primary N) is 1. The lowest BCUT2D eigenvalue weighted by Gasteiger charge is -2.31. The quantitative estimate of drug-likeness (QED) is 0.751. The Morgan fingerprint density at radius 3 is 2.62 bits per heavy atom. The number of aryl methyl sites for hydroxylation is 1. The van der Waals surface area contributed by atoms with E-state index in [1.54, 1.807) is 0 Å². The Kier molecular flexibility index (Phi) is 8.73. The molecular formula is C21H33ClN2O2. The van der Waals surface area contributed by atoms with Crippen LogP contribution in [-0.2, 0) is 11.2 Å². The van der Waals surface area contributed by atoms with Gasteiger partial charge in [0.15, 0.2) is 0 Å². The SMILES string of the molecule is Cl.NCC1CCCCC1NC(=O)CCc1cccc(OC2CCCC2)c1. The van der Waals surface area contributed by atoms with Gasteiger partial charge in [0, 0.05) is 12.5 Å². The topological polar surface area (TPSA) is 64.3 Å². The smallest absolute Gasteiger partial charge is 0.220 e. The molecule has 0 aromatic heterocycles. The van der Waals surface area contributed by atoms with Crippen molar-refractivity contribution in [3.8, 4) is 5.75 Å². The first-order valence-corrected chi connectivity index (χ1v) is 9.99. The van der Waals surface area contributed by atoms with Gasteiger partial charge in [-0.05, 0) is 75.1 Å². The normalized spacial score (nSPS) is 23.3. The molecule has 2 unspecified atom stereocenters. The summed E-state index contributed by atoms with van der Waals surface area (Å²) >= 11 is 0. The van der Waals surface area contributed by atoms with Crippen LogP contribution in [0.15, 0.2) is 24.3 Å². The van der Waals surface area contributed by atoms with Crippen molar-refractivity contribution in [2.75, 3.05) is 6.54 Å². The van der Waals surface area contributed by atoms with E-state index in [-0.39, 0.29) is 24.4 Å². The highest BCUT2D eigenvalue weighted by Gasteiger charge is 2.25. The van der Waals surface area contributed by atoms with Gasteiger partial charge < -0.3 is 15.8 Å². The van der Waals surface area contributed by atoms with E-state index in [0.717, 1.165) is 37.9 Å². The minimum atomic E-state index is 0. The summed E-state index contributed by atoms with van der Waals surface area (Å²) in [5, 5.41) is 3.21. The number of carbonyl (C=O) groups is 1. The molecule has 0 radical (unpaired) electrons. The fourth-order valence-electron chi connectivity index (χ4n) is 4.19. The maximum Gasteiger partial charge on any atom is 0.220 e. The lowest BCUT2D eigenvalue weighted by Crippen LogP contribution is -2.44. The molecular weight excluding hydrogens is 348 g/mol. The second-order valence-corrected chi connectivity index (χ2v) is 7.63. The van der Waals surface area contributed by atoms with Crippen molar-refractivity contribution >= 4 is 18.3 Å². The molecule has 3 N–H and O–H groups in total. The number of benzene rings is 1. The van der Waals surface area contributed by atoms with Gasteiger partial charge in [0.05, 0.1) is 6.10 Å². The van der Waals surface area contributed by atoms with Gasteiger partial charge in [0.1, 0.15) is 5.75 Å². The van der Waals surface area contributed by atoms with Gasteiger partial charge in [-0.3, -0.25) is 4.79 Å². The summed E-state index contributed by atoms with van der Waals surface area (Å²) in [6, 6.07) is 8.49. The van der Waals surface area contributed by atoms with Gasteiger partial charge in [-0.1, -0.05) is 25.0 Å². The molecule has 3 rings (SSSR count). The molecule has 5 heteroatoms. The number of nitrogens with one attached hydrogen (secondary N) is 1. The maximum absolute atomic E-state index is 12.3. The summed E-state index contributed by atoms with van der Waals surface area (Å²) in [5.74, 6) is 1.54. The van der Waals surface area contributed by atoms with Gasteiger partial charge in [-0.25, -0.2) is 0 Å². The molecule has 146 valence electrons. The number of rotatable bonds is 7. The van der Waals surface area contributed by atoms with Gasteiger partial charge in [0.2, 0.25) is 5.91 Å². The number of amides is 1. The van der Waals surface area contributed by atoms with Crippen LogP contribution >= 0.6 is 12.4 Å². The van der Waals surface area contributed by atoms with Crippen molar-refractivity contribution in [2.24, 2.45) is 11.7 Å². The number of halogens is 1. The summed E-state index contributed by atoms with van der Waals surface area (Å²) < 4.78 is 6.06. The van der Waals surface area contributed by atoms with Crippen molar-refractivity contribution in [3.05, 3.63) is 29.8 Å². The van der Waals surface area contributed by atoms with E-state index in [9.17, 15) is 4.79 Å². The summed E-state index contributed by atoms with van der Waals surface area (Å²) in [4.78, 5) is 12.3. The molecule has 1 aromatic rings. The molecule has 2 saturated carbocycles. The van der Waals surface area contributed by atoms with E-state index >= 15 is 0 Å². The molecule has 26 heavy (non-hydrogen) atoms. The zero-order valence-corrected chi connectivity index (χ0v) is 16.4. The Balaban J connectivity index is 0.00000243. The molecule has 2 fully saturated rings. The number of hydrogen-bond acceptors (Lipinski definition) is 3. The Morgan fingerprint density at radius 1 is 1.12 bits per heavy atom. The second kappa shape index (κ2) is 10.8. The molecule has 2 aliphatic rings. The van der Waals surface area contributed by atoms with Crippen LogP contribution in [0.25, 0.3) is 0 Å². The second-order valence-electron chi connectivity index (χ2n) is 7.63. The van der Waals surface area contributed by atoms with Crippen LogP contribution in [0.3, 0.4) is 0 Å². The predicted molar refractivity (Wildman–Crippen MR) is 108 cm³/mol. The average Bonchev–Trinajstić information content (AvgIpc) is 3.14. The molecule has 0 heterocycles. The molecule has 0 aliphatic heterocycles. The minimum Gasteiger partial charge on any atom is -0.490 e. The molecule has 1 aromatic carbocycles. The maximum atomic E-state index is 12.3. The van der Waals surface area contributed by atoms with E-state index in [4.69, 9.17) is 10.5 Å². The molecule has 1 amide bonds. The van der Waals surface area contributed by atoms with E-state index in [1.807, 2.05) is 12.1 Å². The van der Waals surface area contributed by atoms with Crippen LogP contribution < -0.4 is 15.8 Å². The summed E-state index contributed by atoms with van der Waals surface area (Å²) in [7, 11) is 0. The Hall–Kier alpha value is -1.26. The number of carbonyl (C=O) groups excluding carboxylic acids is 1. The van der Waals surface area contributed by atoms with Gasteiger partial charge in [-0.15, -0.1) is 12.4 Å². The Morgan fingerprint density at radius 2 is 1.85 bits per heavy atom. The zero-order valence-electron chi connectivity index (χ0n) is 15.6. The number of hydrogen-bond donors (Lipinski definition) is 2. The van der Waals surface area contributed by atoms with Crippen LogP contribution in [0, 0.1) is 5.92 Å². The van der Waals surface area contributed by atoms with Crippen LogP contribution in [0.5, 0.6) is 5.75 Å². The van der Waals surface area contributed by atoms with E-state index < -0.39 is 0 Å². The summed E-state index contributed by atoms with van der Waals surface area (Å²) in [6.07, 6.45) is 11.2. The van der Waals surface area contributed by atoms with Crippen LogP contribution in [-0.4, -0.2) is 24.6 Å². The van der Waals surface area contributed by atoms with Crippen molar-refractivity contribution in [1.29, 1.82) is 0 Å². The van der Waals surface area contributed by atoms with Crippen molar-refractivity contribution in [1.82, 2.24) is 5.32 Å². The number of ether oxygens (including phenoxy) is 1. The zero-order chi connectivity index (χ0) is 17.5. The third-order valence-corrected chi connectivity index (χ3v) is 5.70. The van der Waals surface area contributed by atoms with Crippen LogP contribution in [0.4, 0.5) is 0 Å². The van der Waals surface area contributed by atoms with Crippen molar-refractivity contribution in [2.45, 2.75) is 76.4 Å². The van der Waals surface area contributed by atoms with E-state index in [2.05, 4.69) is 17.4 Å². The van der Waals surface area contributed by atoms with Gasteiger partial charge in [-0.2, -0.15) is 0 Å². The monoisotopic (exact) mass is 380 g/mol. The van der Waals surface area contributed by atoms with Crippen molar-refractivity contribution < 1.29 is 9.53 Å². The predicted octanol–water partition coefficient (Wildman–Crippen LogP) is 4.00. The lowest BCUT2D eigenvalue weighted by atomic mass is 9.84. The first-order chi connectivity index (χ1) is 12.2. The molecule has 0 spiro atoms.